The molecular formula is C21H32FN3O2. The average molecular weight is 378 g/mol. The van der Waals surface area contributed by atoms with Gasteiger partial charge < -0.3 is 9.64 Å². The highest BCUT2D eigenvalue weighted by Crippen LogP contribution is 2.20. The summed E-state index contributed by atoms with van der Waals surface area (Å²) < 4.78 is 18.6. The first-order valence-corrected chi connectivity index (χ1v) is 10.1. The van der Waals surface area contributed by atoms with Crippen LogP contribution in [0, 0.1) is 11.7 Å². The second-order valence-corrected chi connectivity index (χ2v) is 7.99. The van der Waals surface area contributed by atoms with Gasteiger partial charge >= 0.3 is 0 Å². The van der Waals surface area contributed by atoms with E-state index in [9.17, 15) is 9.18 Å². The van der Waals surface area contributed by atoms with E-state index in [4.69, 9.17) is 4.74 Å². The van der Waals surface area contributed by atoms with Crippen molar-refractivity contribution < 1.29 is 13.9 Å². The lowest BCUT2D eigenvalue weighted by molar-refractivity contribution is -0.134. The summed E-state index contributed by atoms with van der Waals surface area (Å²) in [5.41, 5.74) is 1.12. The van der Waals surface area contributed by atoms with E-state index >= 15 is 0 Å². The molecular weight excluding hydrogens is 345 g/mol. The van der Waals surface area contributed by atoms with Crippen molar-refractivity contribution in [1.29, 1.82) is 0 Å². The number of hydrogen-bond acceptors (Lipinski definition) is 4. The van der Waals surface area contributed by atoms with Crippen molar-refractivity contribution in [2.75, 3.05) is 52.5 Å². The molecule has 0 radical (unpaired) electrons. The van der Waals surface area contributed by atoms with Crippen molar-refractivity contribution in [3.05, 3.63) is 35.6 Å². The Labute approximate surface area is 162 Å². The van der Waals surface area contributed by atoms with E-state index in [0.717, 1.165) is 51.3 Å². The van der Waals surface area contributed by atoms with Crippen molar-refractivity contribution in [2.45, 2.75) is 32.9 Å². The summed E-state index contributed by atoms with van der Waals surface area (Å²) >= 11 is 0. The van der Waals surface area contributed by atoms with Gasteiger partial charge in [0.05, 0.1) is 19.8 Å². The van der Waals surface area contributed by atoms with Gasteiger partial charge in [-0.15, -0.1) is 0 Å². The van der Waals surface area contributed by atoms with Crippen LogP contribution in [0.5, 0.6) is 0 Å². The molecule has 1 aromatic rings. The van der Waals surface area contributed by atoms with Crippen LogP contribution in [0.2, 0.25) is 0 Å². The lowest BCUT2D eigenvalue weighted by atomic mass is 10.0. The van der Waals surface area contributed by atoms with Gasteiger partial charge in [-0.2, -0.15) is 0 Å². The molecule has 3 rings (SSSR count). The molecule has 1 atom stereocenters. The molecule has 0 unspecified atom stereocenters. The first-order valence-electron chi connectivity index (χ1n) is 10.1. The Morgan fingerprint density at radius 2 is 1.85 bits per heavy atom. The van der Waals surface area contributed by atoms with Crippen molar-refractivity contribution in [3.63, 3.8) is 0 Å². The zero-order valence-corrected chi connectivity index (χ0v) is 16.6. The van der Waals surface area contributed by atoms with Gasteiger partial charge in [-0.3, -0.25) is 14.6 Å². The summed E-state index contributed by atoms with van der Waals surface area (Å²) in [6.07, 6.45) is 0.971. The molecule has 0 N–H and O–H groups in total. The quantitative estimate of drug-likeness (QED) is 0.788. The van der Waals surface area contributed by atoms with Crippen LogP contribution < -0.4 is 0 Å². The lowest BCUT2D eigenvalue weighted by Crippen LogP contribution is -2.49. The van der Waals surface area contributed by atoms with Gasteiger partial charge in [0.15, 0.2) is 0 Å². The number of morpholine rings is 1. The second-order valence-electron chi connectivity index (χ2n) is 7.99. The Morgan fingerprint density at radius 3 is 2.52 bits per heavy atom. The molecule has 0 spiro atoms. The number of halogens is 1. The molecule has 2 aliphatic rings. The number of hydrogen-bond donors (Lipinski definition) is 0. The summed E-state index contributed by atoms with van der Waals surface area (Å²) in [6, 6.07) is 7.08. The maximum atomic E-state index is 13.2. The lowest BCUT2D eigenvalue weighted by Gasteiger charge is -2.35. The highest BCUT2D eigenvalue weighted by Gasteiger charge is 2.30. The van der Waals surface area contributed by atoms with Crippen LogP contribution in [0.25, 0.3) is 0 Å². The number of amides is 1. The van der Waals surface area contributed by atoms with Crippen LogP contribution in [0.3, 0.4) is 0 Å². The van der Waals surface area contributed by atoms with Crippen LogP contribution in [-0.4, -0.2) is 79.1 Å². The Kier molecular flexibility index (Phi) is 7.21. The van der Waals surface area contributed by atoms with Gasteiger partial charge in [0.25, 0.3) is 0 Å². The third-order valence-corrected chi connectivity index (χ3v) is 5.63. The predicted molar refractivity (Wildman–Crippen MR) is 104 cm³/mol. The Bertz CT molecular complexity index is 602. The van der Waals surface area contributed by atoms with Crippen molar-refractivity contribution >= 4 is 5.91 Å². The van der Waals surface area contributed by atoms with E-state index in [-0.39, 0.29) is 11.7 Å². The first-order chi connectivity index (χ1) is 13.0. The van der Waals surface area contributed by atoms with E-state index in [1.54, 1.807) is 0 Å². The minimum atomic E-state index is -0.199. The Morgan fingerprint density at radius 1 is 1.15 bits per heavy atom. The molecule has 0 aromatic heterocycles. The van der Waals surface area contributed by atoms with Crippen molar-refractivity contribution in [1.82, 2.24) is 14.7 Å². The molecule has 0 bridgehead atoms. The van der Waals surface area contributed by atoms with E-state index in [1.807, 2.05) is 17.0 Å². The molecule has 6 heteroatoms. The third kappa shape index (κ3) is 5.74. The fourth-order valence-electron chi connectivity index (χ4n) is 3.99. The number of ether oxygens (including phenoxy) is 1. The predicted octanol–water partition coefficient (Wildman–Crippen LogP) is 2.22. The second kappa shape index (κ2) is 9.62. The normalized spacial score (nSPS) is 22.8. The molecule has 5 nitrogen and oxygen atoms in total. The van der Waals surface area contributed by atoms with Crippen molar-refractivity contribution in [3.8, 4) is 0 Å². The van der Waals surface area contributed by atoms with Crippen LogP contribution in [0.1, 0.15) is 25.8 Å². The average Bonchev–Trinajstić information content (AvgIpc) is 2.87. The maximum absolute atomic E-state index is 13.2. The molecule has 2 fully saturated rings. The standard InChI is InChI=1S/C21H32FN3O2/c1-17(2)20-15-25(21(26)16-23-10-12-27-13-11-23)9-3-8-24(20)14-18-4-6-19(22)7-5-18/h4-7,17,20H,3,8-16H2,1-2H3/t20-/m1/s1. The third-order valence-electron chi connectivity index (χ3n) is 5.63. The van der Waals surface area contributed by atoms with Gasteiger partial charge in [-0.25, -0.2) is 4.39 Å². The molecule has 1 amide bonds. The van der Waals surface area contributed by atoms with Crippen LogP contribution in [0.4, 0.5) is 4.39 Å². The Balaban J connectivity index is 1.63. The number of rotatable bonds is 5. The van der Waals surface area contributed by atoms with E-state index in [2.05, 4.69) is 23.6 Å². The summed E-state index contributed by atoms with van der Waals surface area (Å²) in [5.74, 6) is 0.475. The highest BCUT2D eigenvalue weighted by atomic mass is 19.1. The van der Waals surface area contributed by atoms with Gasteiger partial charge in [0.1, 0.15) is 5.82 Å². The minimum absolute atomic E-state index is 0.199. The van der Waals surface area contributed by atoms with Gasteiger partial charge in [0.2, 0.25) is 5.91 Å². The highest BCUT2D eigenvalue weighted by molar-refractivity contribution is 5.78. The summed E-state index contributed by atoms with van der Waals surface area (Å²) in [7, 11) is 0. The molecule has 1 aromatic carbocycles. The number of nitrogens with zero attached hydrogens (tertiary/aromatic N) is 3. The smallest absolute Gasteiger partial charge is 0.236 e. The number of benzene rings is 1. The fourth-order valence-corrected chi connectivity index (χ4v) is 3.99. The number of carbonyl (C=O) groups is 1. The minimum Gasteiger partial charge on any atom is -0.379 e. The summed E-state index contributed by atoms with van der Waals surface area (Å²) in [4.78, 5) is 19.6. The first kappa shape index (κ1) is 20.2. The van der Waals surface area contributed by atoms with Crippen LogP contribution >= 0.6 is 0 Å². The largest absolute Gasteiger partial charge is 0.379 e. The molecule has 2 saturated heterocycles. The summed E-state index contributed by atoms with van der Waals surface area (Å²) in [6.45, 7) is 11.4. The molecule has 2 aliphatic heterocycles. The zero-order chi connectivity index (χ0) is 19.2. The SMILES string of the molecule is CC(C)[C@H]1CN(C(=O)CN2CCOCC2)CCCN1Cc1ccc(F)cc1. The molecule has 27 heavy (non-hydrogen) atoms. The van der Waals surface area contributed by atoms with E-state index in [1.165, 1.54) is 12.1 Å². The summed E-state index contributed by atoms with van der Waals surface area (Å²) in [5, 5.41) is 0. The maximum Gasteiger partial charge on any atom is 0.236 e. The van der Waals surface area contributed by atoms with Crippen LogP contribution in [0.15, 0.2) is 24.3 Å². The van der Waals surface area contributed by atoms with Crippen molar-refractivity contribution in [2.24, 2.45) is 5.92 Å². The zero-order valence-electron chi connectivity index (χ0n) is 16.6. The molecule has 0 saturated carbocycles. The molecule has 2 heterocycles. The van der Waals surface area contributed by atoms with E-state index < -0.39 is 0 Å². The van der Waals surface area contributed by atoms with Gasteiger partial charge in [0, 0.05) is 45.3 Å². The number of carbonyl (C=O) groups excluding carboxylic acids is 1. The fraction of sp³-hybridized carbons (Fsp3) is 0.667. The van der Waals surface area contributed by atoms with Gasteiger partial charge in [-0.05, 0) is 30.0 Å². The van der Waals surface area contributed by atoms with E-state index in [0.29, 0.717) is 31.7 Å². The molecule has 0 aliphatic carbocycles. The Hall–Kier alpha value is -1.50. The van der Waals surface area contributed by atoms with Crippen LogP contribution in [-0.2, 0) is 16.1 Å². The monoisotopic (exact) mass is 377 g/mol. The molecule has 150 valence electrons. The van der Waals surface area contributed by atoms with Gasteiger partial charge in [-0.1, -0.05) is 26.0 Å². The topological polar surface area (TPSA) is 36.0 Å².